The summed E-state index contributed by atoms with van der Waals surface area (Å²) in [4.78, 5) is 2.22. The van der Waals surface area contributed by atoms with Gasteiger partial charge in [-0.2, -0.15) is 0 Å². The number of thiophene rings is 1. The predicted octanol–water partition coefficient (Wildman–Crippen LogP) is 3.62. The van der Waals surface area contributed by atoms with Crippen molar-refractivity contribution in [2.45, 2.75) is 43.9 Å². The minimum absolute atomic E-state index is 0.113. The van der Waals surface area contributed by atoms with Gasteiger partial charge < -0.3 is 24.8 Å². The van der Waals surface area contributed by atoms with Crippen LogP contribution in [0.25, 0.3) is 10.4 Å². The van der Waals surface area contributed by atoms with Crippen LogP contribution in [0.15, 0.2) is 54.6 Å². The fourth-order valence-electron chi connectivity index (χ4n) is 4.02. The summed E-state index contributed by atoms with van der Waals surface area (Å²) in [6.45, 7) is 2.14. The van der Waals surface area contributed by atoms with Crippen LogP contribution in [0.5, 0.6) is 0 Å². The lowest BCUT2D eigenvalue weighted by Gasteiger charge is -2.40. The monoisotopic (exact) mass is 458 g/mol. The number of rotatable bonds is 6. The van der Waals surface area contributed by atoms with E-state index in [2.05, 4.69) is 6.07 Å². The van der Waals surface area contributed by atoms with Gasteiger partial charge in [-0.25, -0.2) is 4.39 Å². The summed E-state index contributed by atoms with van der Waals surface area (Å²) >= 11 is 1.65. The molecule has 0 saturated carbocycles. The molecule has 0 unspecified atom stereocenters. The number of halogens is 1. The van der Waals surface area contributed by atoms with Crippen molar-refractivity contribution in [3.8, 4) is 10.4 Å². The van der Waals surface area contributed by atoms with Crippen LogP contribution in [-0.2, 0) is 15.9 Å². The van der Waals surface area contributed by atoms with Crippen LogP contribution in [0.3, 0.4) is 0 Å². The van der Waals surface area contributed by atoms with Crippen molar-refractivity contribution < 1.29 is 29.2 Å². The average Bonchev–Trinajstić information content (AvgIpc) is 3.25. The molecule has 0 radical (unpaired) electrons. The maximum atomic E-state index is 13.2. The fourth-order valence-corrected chi connectivity index (χ4v) is 5.05. The van der Waals surface area contributed by atoms with Gasteiger partial charge in [0.25, 0.3) is 0 Å². The van der Waals surface area contributed by atoms with Gasteiger partial charge in [0.2, 0.25) is 0 Å². The zero-order valence-corrected chi connectivity index (χ0v) is 18.8. The van der Waals surface area contributed by atoms with Crippen molar-refractivity contribution in [3.63, 3.8) is 0 Å². The lowest BCUT2D eigenvalue weighted by atomic mass is 9.89. The van der Waals surface area contributed by atoms with Crippen molar-refractivity contribution in [1.29, 1.82) is 0 Å². The van der Waals surface area contributed by atoms with Crippen LogP contribution in [0, 0.1) is 12.7 Å². The molecular weight excluding hydrogens is 431 g/mol. The van der Waals surface area contributed by atoms with E-state index in [0.29, 0.717) is 6.42 Å². The van der Waals surface area contributed by atoms with Crippen LogP contribution >= 0.6 is 11.3 Å². The van der Waals surface area contributed by atoms with E-state index in [9.17, 15) is 19.7 Å². The molecule has 0 amide bonds. The van der Waals surface area contributed by atoms with Gasteiger partial charge in [-0.05, 0) is 53.4 Å². The molecule has 4 rings (SSSR count). The maximum absolute atomic E-state index is 13.2. The van der Waals surface area contributed by atoms with Crippen LogP contribution in [-0.4, -0.2) is 53.5 Å². The second-order valence-corrected chi connectivity index (χ2v) is 9.33. The molecule has 1 aliphatic heterocycles. The second-order valence-electron chi connectivity index (χ2n) is 8.16. The van der Waals surface area contributed by atoms with Crippen LogP contribution in [0.2, 0.25) is 0 Å². The van der Waals surface area contributed by atoms with Gasteiger partial charge >= 0.3 is 0 Å². The van der Waals surface area contributed by atoms with Gasteiger partial charge in [-0.1, -0.05) is 30.3 Å². The van der Waals surface area contributed by atoms with Gasteiger partial charge in [0.1, 0.15) is 36.3 Å². The minimum Gasteiger partial charge on any atom is -0.388 e. The number of benzene rings is 2. The standard InChI is InChI=1S/C25H27FO5S/c1-14-3-4-16(25-24(29)23(28)22(27)20(31-25)13-30-2)11-17(14)12-19-9-10-21(32-19)15-5-7-18(26)8-6-15/h3-11,20,22-25,27-29H,12-13H2,1-2H3/t20-,22-,23+,24-,25+/m1/s1. The smallest absolute Gasteiger partial charge is 0.123 e. The third kappa shape index (κ3) is 4.78. The zero-order chi connectivity index (χ0) is 22.8. The molecule has 5 atom stereocenters. The van der Waals surface area contributed by atoms with Crippen molar-refractivity contribution in [2.75, 3.05) is 13.7 Å². The van der Waals surface area contributed by atoms with Crippen molar-refractivity contribution in [3.05, 3.63) is 82.0 Å². The molecule has 5 nitrogen and oxygen atoms in total. The van der Waals surface area contributed by atoms with Gasteiger partial charge in [0.15, 0.2) is 0 Å². The first kappa shape index (κ1) is 23.0. The first-order chi connectivity index (χ1) is 15.4. The first-order valence-electron chi connectivity index (χ1n) is 10.5. The highest BCUT2D eigenvalue weighted by Crippen LogP contribution is 2.35. The Bertz CT molecular complexity index is 1050. The first-order valence-corrected chi connectivity index (χ1v) is 11.3. The van der Waals surface area contributed by atoms with Crippen LogP contribution in [0.4, 0.5) is 4.39 Å². The number of ether oxygens (including phenoxy) is 2. The summed E-state index contributed by atoms with van der Waals surface area (Å²) < 4.78 is 24.2. The highest BCUT2D eigenvalue weighted by Gasteiger charge is 2.44. The molecular formula is C25H27FO5S. The van der Waals surface area contributed by atoms with E-state index in [1.54, 1.807) is 23.5 Å². The molecule has 3 N–H and O–H groups in total. The Hall–Kier alpha value is -2.13. The lowest BCUT2D eigenvalue weighted by molar-refractivity contribution is -0.233. The third-order valence-corrected chi connectivity index (χ3v) is 7.03. The fraction of sp³-hybridized carbons (Fsp3) is 0.360. The molecule has 2 aromatic carbocycles. The molecule has 1 saturated heterocycles. The molecule has 32 heavy (non-hydrogen) atoms. The highest BCUT2D eigenvalue weighted by atomic mass is 32.1. The predicted molar refractivity (Wildman–Crippen MR) is 121 cm³/mol. The Morgan fingerprint density at radius 3 is 2.44 bits per heavy atom. The molecule has 0 bridgehead atoms. The molecule has 1 fully saturated rings. The van der Waals surface area contributed by atoms with E-state index in [1.807, 2.05) is 31.2 Å². The number of aryl methyl sites for hydroxylation is 1. The van der Waals surface area contributed by atoms with E-state index in [1.165, 1.54) is 19.2 Å². The second kappa shape index (κ2) is 9.79. The Morgan fingerprint density at radius 1 is 0.969 bits per heavy atom. The number of hydrogen-bond acceptors (Lipinski definition) is 6. The zero-order valence-electron chi connectivity index (χ0n) is 17.9. The van der Waals surface area contributed by atoms with E-state index in [4.69, 9.17) is 9.47 Å². The number of aliphatic hydroxyl groups is 3. The Morgan fingerprint density at radius 2 is 1.72 bits per heavy atom. The van der Waals surface area contributed by atoms with Crippen molar-refractivity contribution >= 4 is 11.3 Å². The minimum atomic E-state index is -1.32. The van der Waals surface area contributed by atoms with E-state index < -0.39 is 30.5 Å². The van der Waals surface area contributed by atoms with E-state index in [-0.39, 0.29) is 12.4 Å². The highest BCUT2D eigenvalue weighted by molar-refractivity contribution is 7.15. The largest absolute Gasteiger partial charge is 0.388 e. The average molecular weight is 459 g/mol. The molecule has 0 aliphatic carbocycles. The summed E-state index contributed by atoms with van der Waals surface area (Å²) in [6, 6.07) is 16.4. The normalized spacial score (nSPS) is 25.8. The topological polar surface area (TPSA) is 79.2 Å². The van der Waals surface area contributed by atoms with Gasteiger partial charge in [-0.3, -0.25) is 0 Å². The summed E-state index contributed by atoms with van der Waals surface area (Å²) in [5, 5.41) is 31.0. The Kier molecular flexibility index (Phi) is 7.05. The molecule has 1 aliphatic rings. The van der Waals surface area contributed by atoms with Gasteiger partial charge in [0.05, 0.1) is 6.61 Å². The Balaban J connectivity index is 1.56. The lowest BCUT2D eigenvalue weighted by Crippen LogP contribution is -2.55. The summed E-state index contributed by atoms with van der Waals surface area (Å²) in [6.07, 6.45) is -4.60. The SMILES string of the molecule is COC[C@H]1O[C@@H](c2ccc(C)c(Cc3ccc(-c4ccc(F)cc4)s3)c2)[C@H](O)[C@@H](O)[C@@H]1O. The number of methoxy groups -OCH3 is 1. The maximum Gasteiger partial charge on any atom is 0.123 e. The molecule has 170 valence electrons. The Labute approximate surface area is 190 Å². The van der Waals surface area contributed by atoms with E-state index in [0.717, 1.165) is 32.0 Å². The molecule has 3 aromatic rings. The molecule has 7 heteroatoms. The number of aliphatic hydroxyl groups excluding tert-OH is 3. The van der Waals surface area contributed by atoms with Crippen molar-refractivity contribution in [1.82, 2.24) is 0 Å². The van der Waals surface area contributed by atoms with Gasteiger partial charge in [-0.15, -0.1) is 11.3 Å². The van der Waals surface area contributed by atoms with Crippen LogP contribution < -0.4 is 0 Å². The molecule has 1 aromatic heterocycles. The molecule has 0 spiro atoms. The summed E-state index contributed by atoms with van der Waals surface area (Å²) in [5.74, 6) is -0.254. The number of hydrogen-bond donors (Lipinski definition) is 3. The van der Waals surface area contributed by atoms with Gasteiger partial charge in [0, 0.05) is 23.3 Å². The quantitative estimate of drug-likeness (QED) is 0.526. The summed E-state index contributed by atoms with van der Waals surface area (Å²) in [5.41, 5.74) is 3.89. The molecule has 2 heterocycles. The third-order valence-electron chi connectivity index (χ3n) is 5.90. The van der Waals surface area contributed by atoms with E-state index >= 15 is 0 Å². The van der Waals surface area contributed by atoms with Crippen LogP contribution in [0.1, 0.15) is 27.7 Å². The summed E-state index contributed by atoms with van der Waals surface area (Å²) in [7, 11) is 1.49. The van der Waals surface area contributed by atoms with Crippen molar-refractivity contribution in [2.24, 2.45) is 0 Å².